The Labute approximate surface area is 132 Å². The lowest BCUT2D eigenvalue weighted by molar-refractivity contribution is 0.566. The largest absolute Gasteiger partial charge is 0.316 e. The predicted molar refractivity (Wildman–Crippen MR) is 88.8 cm³/mol. The molecule has 0 saturated heterocycles. The number of benzene rings is 1. The van der Waals surface area contributed by atoms with Gasteiger partial charge in [0.1, 0.15) is 0 Å². The number of rotatable bonds is 7. The van der Waals surface area contributed by atoms with E-state index < -0.39 is 0 Å². The van der Waals surface area contributed by atoms with Crippen molar-refractivity contribution in [1.82, 2.24) is 5.32 Å². The van der Waals surface area contributed by atoms with E-state index in [9.17, 15) is 0 Å². The second-order valence-corrected chi connectivity index (χ2v) is 6.87. The third-order valence-corrected chi connectivity index (χ3v) is 4.75. The fourth-order valence-corrected chi connectivity index (χ4v) is 2.65. The van der Waals surface area contributed by atoms with Crippen LogP contribution in [0.5, 0.6) is 0 Å². The van der Waals surface area contributed by atoms with Gasteiger partial charge in [-0.05, 0) is 48.9 Å². The molecule has 1 nitrogen and oxygen atoms in total. The predicted octanol–water partition coefficient (Wildman–Crippen LogP) is 5.29. The highest BCUT2D eigenvalue weighted by Crippen LogP contribution is 2.33. The number of nitrogens with one attached hydrogen (secondary N) is 1. The van der Waals surface area contributed by atoms with Crippen molar-refractivity contribution in [3.63, 3.8) is 0 Å². The Morgan fingerprint density at radius 3 is 2.55 bits per heavy atom. The Morgan fingerprint density at radius 1 is 1.30 bits per heavy atom. The molecule has 1 atom stereocenters. The van der Waals surface area contributed by atoms with Crippen molar-refractivity contribution in [2.24, 2.45) is 11.8 Å². The highest BCUT2D eigenvalue weighted by atomic mass is 35.5. The summed E-state index contributed by atoms with van der Waals surface area (Å²) in [5.41, 5.74) is 2.44. The molecule has 0 aromatic heterocycles. The normalized spacial score (nSPS) is 16.4. The molecule has 0 heterocycles. The molecule has 0 aliphatic heterocycles. The van der Waals surface area contributed by atoms with Gasteiger partial charge in [-0.1, -0.05) is 55.3 Å². The number of hydrogen-bond donors (Lipinski definition) is 1. The standard InChI is InChI=1S/C17H23Cl2N/c1-11(2)12(3)15(10-20-9-13-4-5-13)14-6-7-16(18)17(19)8-14/h6-8,11,13,15,20H,3-5,9-10H2,1-2H3/t15-/m0/s1. The van der Waals surface area contributed by atoms with E-state index in [1.165, 1.54) is 24.0 Å². The topological polar surface area (TPSA) is 12.0 Å². The molecule has 1 aromatic carbocycles. The summed E-state index contributed by atoms with van der Waals surface area (Å²) in [5, 5.41) is 4.80. The first kappa shape index (κ1) is 15.9. The maximum atomic E-state index is 6.15. The second-order valence-electron chi connectivity index (χ2n) is 6.06. The molecule has 1 aliphatic carbocycles. The summed E-state index contributed by atoms with van der Waals surface area (Å²) in [6, 6.07) is 5.91. The number of halogens is 2. The van der Waals surface area contributed by atoms with Crippen molar-refractivity contribution in [2.45, 2.75) is 32.6 Å². The molecule has 0 spiro atoms. The van der Waals surface area contributed by atoms with Crippen LogP contribution in [0.15, 0.2) is 30.4 Å². The van der Waals surface area contributed by atoms with Crippen LogP contribution in [0.1, 0.15) is 38.2 Å². The van der Waals surface area contributed by atoms with Crippen LogP contribution < -0.4 is 5.32 Å². The van der Waals surface area contributed by atoms with Crippen LogP contribution in [0.25, 0.3) is 0 Å². The molecule has 0 unspecified atom stereocenters. The molecule has 3 heteroatoms. The summed E-state index contributed by atoms with van der Waals surface area (Å²) < 4.78 is 0. The first-order chi connectivity index (χ1) is 9.49. The monoisotopic (exact) mass is 311 g/mol. The van der Waals surface area contributed by atoms with Gasteiger partial charge in [0, 0.05) is 12.5 Å². The average Bonchev–Trinajstić information content (AvgIpc) is 3.21. The SMILES string of the molecule is C=C(C(C)C)[C@H](CNCC1CC1)c1ccc(Cl)c(Cl)c1. The minimum atomic E-state index is 0.295. The van der Waals surface area contributed by atoms with Gasteiger partial charge in [-0.15, -0.1) is 0 Å². The van der Waals surface area contributed by atoms with Crippen molar-refractivity contribution in [1.29, 1.82) is 0 Å². The van der Waals surface area contributed by atoms with E-state index in [1.807, 2.05) is 12.1 Å². The molecule has 110 valence electrons. The van der Waals surface area contributed by atoms with Gasteiger partial charge in [-0.3, -0.25) is 0 Å². The van der Waals surface area contributed by atoms with Crippen LogP contribution in [0, 0.1) is 11.8 Å². The van der Waals surface area contributed by atoms with E-state index in [-0.39, 0.29) is 0 Å². The summed E-state index contributed by atoms with van der Waals surface area (Å²) in [6.45, 7) is 10.7. The molecule has 2 rings (SSSR count). The highest BCUT2D eigenvalue weighted by Gasteiger charge is 2.23. The maximum absolute atomic E-state index is 6.15. The third kappa shape index (κ3) is 4.25. The van der Waals surface area contributed by atoms with Crippen molar-refractivity contribution in [3.05, 3.63) is 46.0 Å². The average molecular weight is 312 g/mol. The van der Waals surface area contributed by atoms with Gasteiger partial charge in [0.2, 0.25) is 0 Å². The summed E-state index contributed by atoms with van der Waals surface area (Å²) >= 11 is 12.2. The van der Waals surface area contributed by atoms with E-state index in [2.05, 4.69) is 31.8 Å². The summed E-state index contributed by atoms with van der Waals surface area (Å²) in [4.78, 5) is 0. The Hall–Kier alpha value is -0.500. The molecule has 1 aliphatic rings. The molecule has 1 fully saturated rings. The lowest BCUT2D eigenvalue weighted by atomic mass is 9.85. The first-order valence-electron chi connectivity index (χ1n) is 7.33. The van der Waals surface area contributed by atoms with E-state index in [1.54, 1.807) is 0 Å². The Kier molecular flexibility index (Phi) is 5.54. The second kappa shape index (κ2) is 6.98. The van der Waals surface area contributed by atoms with Crippen molar-refractivity contribution in [3.8, 4) is 0 Å². The van der Waals surface area contributed by atoms with Crippen molar-refractivity contribution >= 4 is 23.2 Å². The first-order valence-corrected chi connectivity index (χ1v) is 8.09. The van der Waals surface area contributed by atoms with Gasteiger partial charge in [0.05, 0.1) is 10.0 Å². The van der Waals surface area contributed by atoms with Gasteiger partial charge in [0.15, 0.2) is 0 Å². The van der Waals surface area contributed by atoms with E-state index in [0.717, 1.165) is 19.0 Å². The lowest BCUT2D eigenvalue weighted by Crippen LogP contribution is -2.25. The highest BCUT2D eigenvalue weighted by molar-refractivity contribution is 6.42. The molecular formula is C17H23Cl2N. The van der Waals surface area contributed by atoms with Crippen LogP contribution in [0.4, 0.5) is 0 Å². The Bertz CT molecular complexity index is 478. The molecule has 0 radical (unpaired) electrons. The van der Waals surface area contributed by atoms with E-state index in [0.29, 0.717) is 21.9 Å². The smallest absolute Gasteiger partial charge is 0.0595 e. The van der Waals surface area contributed by atoms with Crippen LogP contribution in [-0.4, -0.2) is 13.1 Å². The molecule has 1 N–H and O–H groups in total. The fraction of sp³-hybridized carbons (Fsp3) is 0.529. The zero-order valence-corrected chi connectivity index (χ0v) is 13.8. The third-order valence-electron chi connectivity index (χ3n) is 4.01. The maximum Gasteiger partial charge on any atom is 0.0595 e. The zero-order valence-electron chi connectivity index (χ0n) is 12.3. The van der Waals surface area contributed by atoms with Gasteiger partial charge in [0.25, 0.3) is 0 Å². The van der Waals surface area contributed by atoms with E-state index >= 15 is 0 Å². The lowest BCUT2D eigenvalue weighted by Gasteiger charge is -2.24. The molecule has 1 saturated carbocycles. The van der Waals surface area contributed by atoms with Crippen molar-refractivity contribution < 1.29 is 0 Å². The van der Waals surface area contributed by atoms with Gasteiger partial charge in [-0.2, -0.15) is 0 Å². The summed E-state index contributed by atoms with van der Waals surface area (Å²) in [7, 11) is 0. The Balaban J connectivity index is 2.10. The molecule has 20 heavy (non-hydrogen) atoms. The molecule has 0 amide bonds. The minimum Gasteiger partial charge on any atom is -0.316 e. The van der Waals surface area contributed by atoms with E-state index in [4.69, 9.17) is 23.2 Å². The Morgan fingerprint density at radius 2 is 2.00 bits per heavy atom. The molecule has 0 bridgehead atoms. The van der Waals surface area contributed by atoms with Gasteiger partial charge < -0.3 is 5.32 Å². The summed E-state index contributed by atoms with van der Waals surface area (Å²) in [6.07, 6.45) is 2.74. The van der Waals surface area contributed by atoms with Gasteiger partial charge >= 0.3 is 0 Å². The fourth-order valence-electron chi connectivity index (χ4n) is 2.35. The summed E-state index contributed by atoms with van der Waals surface area (Å²) in [5.74, 6) is 1.64. The minimum absolute atomic E-state index is 0.295. The van der Waals surface area contributed by atoms with Crippen LogP contribution >= 0.6 is 23.2 Å². The van der Waals surface area contributed by atoms with Crippen LogP contribution in [0.3, 0.4) is 0 Å². The van der Waals surface area contributed by atoms with Gasteiger partial charge in [-0.25, -0.2) is 0 Å². The molecule has 1 aromatic rings. The van der Waals surface area contributed by atoms with Crippen LogP contribution in [-0.2, 0) is 0 Å². The number of hydrogen-bond acceptors (Lipinski definition) is 1. The zero-order chi connectivity index (χ0) is 14.7. The quantitative estimate of drug-likeness (QED) is 0.675. The van der Waals surface area contributed by atoms with Crippen LogP contribution in [0.2, 0.25) is 10.0 Å². The van der Waals surface area contributed by atoms with Crippen molar-refractivity contribution in [2.75, 3.05) is 13.1 Å². The molecular weight excluding hydrogens is 289 g/mol.